The van der Waals surface area contributed by atoms with Crippen LogP contribution in [0.25, 0.3) is 6.08 Å². The number of amides is 1. The molecule has 0 fully saturated rings. The Kier molecular flexibility index (Phi) is 6.61. The number of carbonyl (C=O) groups excluding carboxylic acids is 1. The zero-order valence-electron chi connectivity index (χ0n) is 11.6. The van der Waals surface area contributed by atoms with Crippen LogP contribution in [-0.2, 0) is 9.53 Å². The Morgan fingerprint density at radius 1 is 1.47 bits per heavy atom. The largest absolute Gasteiger partial charge is 0.375 e. The number of ether oxygens (including phenoxy) is 1. The van der Waals surface area contributed by atoms with E-state index in [2.05, 4.69) is 11.9 Å². The van der Waals surface area contributed by atoms with Crippen LogP contribution in [0.4, 0.5) is 0 Å². The van der Waals surface area contributed by atoms with E-state index in [1.54, 1.807) is 6.08 Å². The summed E-state index contributed by atoms with van der Waals surface area (Å²) in [4.78, 5) is 11.5. The maximum absolute atomic E-state index is 11.5. The fourth-order valence-corrected chi connectivity index (χ4v) is 1.50. The van der Waals surface area contributed by atoms with Gasteiger partial charge < -0.3 is 10.1 Å². The molecule has 102 valence electrons. The van der Waals surface area contributed by atoms with Gasteiger partial charge in [0.2, 0.25) is 5.91 Å². The second kappa shape index (κ2) is 8.27. The molecule has 0 spiro atoms. The molecule has 19 heavy (non-hydrogen) atoms. The van der Waals surface area contributed by atoms with Crippen LogP contribution < -0.4 is 5.32 Å². The van der Waals surface area contributed by atoms with E-state index in [1.807, 2.05) is 38.1 Å². The predicted octanol–water partition coefficient (Wildman–Crippen LogP) is 2.72. The monoisotopic (exact) mass is 259 g/mol. The quantitative estimate of drug-likeness (QED) is 0.464. The molecule has 0 aliphatic heterocycles. The molecule has 1 N–H and O–H groups in total. The average molecular weight is 259 g/mol. The molecule has 0 bridgehead atoms. The number of carbonyl (C=O) groups is 1. The Labute approximate surface area is 115 Å². The fraction of sp³-hybridized carbons (Fsp3) is 0.312. The van der Waals surface area contributed by atoms with Crippen molar-refractivity contribution >= 4 is 12.0 Å². The maximum atomic E-state index is 11.5. The Bertz CT molecular complexity index is 464. The molecule has 3 nitrogen and oxygen atoms in total. The molecule has 0 saturated heterocycles. The molecule has 1 aromatic carbocycles. The standard InChI is InChI=1S/C16H21NO2/c1-13(2)12-19-10-9-17-16(18)8-7-15-6-4-5-14(3)11-15/h4-8,11H,1,9-10,12H2,2-3H3,(H,17,18)/b8-7+. The van der Waals surface area contributed by atoms with Crippen LogP contribution in [0.5, 0.6) is 0 Å². The summed E-state index contributed by atoms with van der Waals surface area (Å²) in [7, 11) is 0. The highest BCUT2D eigenvalue weighted by molar-refractivity contribution is 5.91. The van der Waals surface area contributed by atoms with Crippen molar-refractivity contribution in [3.8, 4) is 0 Å². The van der Waals surface area contributed by atoms with Crippen LogP contribution in [0, 0.1) is 6.92 Å². The summed E-state index contributed by atoms with van der Waals surface area (Å²) in [6.45, 7) is 9.20. The summed E-state index contributed by atoms with van der Waals surface area (Å²) >= 11 is 0. The highest BCUT2D eigenvalue weighted by Crippen LogP contribution is 2.05. The molecule has 0 radical (unpaired) electrons. The molecule has 0 aliphatic carbocycles. The van der Waals surface area contributed by atoms with Crippen molar-refractivity contribution in [3.63, 3.8) is 0 Å². The van der Waals surface area contributed by atoms with E-state index in [9.17, 15) is 4.79 Å². The average Bonchev–Trinajstić information content (AvgIpc) is 2.35. The van der Waals surface area contributed by atoms with E-state index in [4.69, 9.17) is 4.74 Å². The maximum Gasteiger partial charge on any atom is 0.244 e. The van der Waals surface area contributed by atoms with Crippen molar-refractivity contribution in [3.05, 3.63) is 53.6 Å². The van der Waals surface area contributed by atoms with Crippen molar-refractivity contribution in [1.29, 1.82) is 0 Å². The van der Waals surface area contributed by atoms with E-state index in [1.165, 1.54) is 11.6 Å². The lowest BCUT2D eigenvalue weighted by atomic mass is 10.1. The molecule has 1 rings (SSSR count). The van der Waals surface area contributed by atoms with E-state index in [0.717, 1.165) is 11.1 Å². The van der Waals surface area contributed by atoms with Gasteiger partial charge >= 0.3 is 0 Å². The molecule has 0 unspecified atom stereocenters. The van der Waals surface area contributed by atoms with Gasteiger partial charge in [-0.1, -0.05) is 42.0 Å². The number of hydrogen-bond acceptors (Lipinski definition) is 2. The first-order valence-electron chi connectivity index (χ1n) is 6.32. The highest BCUT2D eigenvalue weighted by Gasteiger charge is 1.95. The van der Waals surface area contributed by atoms with E-state index >= 15 is 0 Å². The van der Waals surface area contributed by atoms with Crippen molar-refractivity contribution < 1.29 is 9.53 Å². The van der Waals surface area contributed by atoms with Crippen molar-refractivity contribution in [2.45, 2.75) is 13.8 Å². The SMILES string of the molecule is C=C(C)COCCNC(=O)/C=C/c1cccc(C)c1. The molecule has 3 heteroatoms. The first-order chi connectivity index (χ1) is 9.08. The number of hydrogen-bond donors (Lipinski definition) is 1. The van der Waals surface area contributed by atoms with Gasteiger partial charge in [0.05, 0.1) is 13.2 Å². The van der Waals surface area contributed by atoms with Crippen LogP contribution >= 0.6 is 0 Å². The Morgan fingerprint density at radius 3 is 2.95 bits per heavy atom. The lowest BCUT2D eigenvalue weighted by molar-refractivity contribution is -0.116. The molecule has 0 saturated carbocycles. The summed E-state index contributed by atoms with van der Waals surface area (Å²) in [6.07, 6.45) is 3.34. The third-order valence-corrected chi connectivity index (χ3v) is 2.36. The number of nitrogens with one attached hydrogen (secondary N) is 1. The molecule has 0 aliphatic rings. The predicted molar refractivity (Wildman–Crippen MR) is 78.9 cm³/mol. The van der Waals surface area contributed by atoms with E-state index < -0.39 is 0 Å². The van der Waals surface area contributed by atoms with Gasteiger partial charge in [-0.25, -0.2) is 0 Å². The van der Waals surface area contributed by atoms with Crippen LogP contribution in [0.15, 0.2) is 42.5 Å². The number of benzene rings is 1. The third kappa shape index (κ3) is 7.21. The Balaban J connectivity index is 2.25. The fourth-order valence-electron chi connectivity index (χ4n) is 1.50. The van der Waals surface area contributed by atoms with Crippen LogP contribution in [0.1, 0.15) is 18.1 Å². The van der Waals surface area contributed by atoms with Gasteiger partial charge in [-0.2, -0.15) is 0 Å². The van der Waals surface area contributed by atoms with Gasteiger partial charge in [0, 0.05) is 12.6 Å². The molecule has 1 amide bonds. The lowest BCUT2D eigenvalue weighted by Crippen LogP contribution is -2.25. The van der Waals surface area contributed by atoms with Crippen LogP contribution in [-0.4, -0.2) is 25.7 Å². The number of aryl methyl sites for hydroxylation is 1. The summed E-state index contributed by atoms with van der Waals surface area (Å²) in [5.74, 6) is -0.111. The minimum Gasteiger partial charge on any atom is -0.375 e. The first kappa shape index (κ1) is 15.2. The Hall–Kier alpha value is -1.87. The van der Waals surface area contributed by atoms with Crippen molar-refractivity contribution in [2.24, 2.45) is 0 Å². The smallest absolute Gasteiger partial charge is 0.244 e. The lowest BCUT2D eigenvalue weighted by Gasteiger charge is -2.04. The van der Waals surface area contributed by atoms with Crippen LogP contribution in [0.3, 0.4) is 0 Å². The normalized spacial score (nSPS) is 10.6. The summed E-state index contributed by atoms with van der Waals surface area (Å²) in [6, 6.07) is 7.99. The zero-order chi connectivity index (χ0) is 14.1. The van der Waals surface area contributed by atoms with Gasteiger partial charge in [0.1, 0.15) is 0 Å². The van der Waals surface area contributed by atoms with E-state index in [0.29, 0.717) is 19.8 Å². The minimum absolute atomic E-state index is 0.111. The first-order valence-corrected chi connectivity index (χ1v) is 6.32. The number of rotatable bonds is 7. The van der Waals surface area contributed by atoms with Gasteiger partial charge in [0.25, 0.3) is 0 Å². The topological polar surface area (TPSA) is 38.3 Å². The zero-order valence-corrected chi connectivity index (χ0v) is 11.6. The van der Waals surface area contributed by atoms with Gasteiger partial charge in [-0.15, -0.1) is 0 Å². The summed E-state index contributed by atoms with van der Waals surface area (Å²) in [5, 5.41) is 2.76. The van der Waals surface area contributed by atoms with Gasteiger partial charge in [-0.3, -0.25) is 4.79 Å². The second-order valence-corrected chi connectivity index (χ2v) is 4.55. The van der Waals surface area contributed by atoms with Gasteiger partial charge in [0.15, 0.2) is 0 Å². The summed E-state index contributed by atoms with van der Waals surface area (Å²) < 4.78 is 5.29. The summed E-state index contributed by atoms with van der Waals surface area (Å²) in [5.41, 5.74) is 3.18. The van der Waals surface area contributed by atoms with E-state index in [-0.39, 0.29) is 5.91 Å². The highest BCUT2D eigenvalue weighted by atomic mass is 16.5. The molecule has 1 aromatic rings. The molecule has 0 atom stereocenters. The van der Waals surface area contributed by atoms with Gasteiger partial charge in [-0.05, 0) is 25.5 Å². The third-order valence-electron chi connectivity index (χ3n) is 2.36. The molecular weight excluding hydrogens is 238 g/mol. The van der Waals surface area contributed by atoms with Crippen molar-refractivity contribution in [1.82, 2.24) is 5.32 Å². The minimum atomic E-state index is -0.111. The molecular formula is C16H21NO2. The second-order valence-electron chi connectivity index (χ2n) is 4.55. The van der Waals surface area contributed by atoms with Crippen molar-refractivity contribution in [2.75, 3.05) is 19.8 Å². The van der Waals surface area contributed by atoms with Crippen LogP contribution in [0.2, 0.25) is 0 Å². The molecule has 0 heterocycles. The Morgan fingerprint density at radius 2 is 2.26 bits per heavy atom. The molecule has 0 aromatic heterocycles.